The van der Waals surface area contributed by atoms with Crippen molar-refractivity contribution in [3.05, 3.63) is 68.7 Å². The molecule has 0 aliphatic rings. The maximum atomic E-state index is 12.9. The number of ether oxygens (including phenoxy) is 1. The van der Waals surface area contributed by atoms with Crippen LogP contribution in [0.1, 0.15) is 18.3 Å². The number of aromatic nitrogens is 2. The van der Waals surface area contributed by atoms with E-state index in [1.54, 1.807) is 30.5 Å². The molecular formula is C19H15BrN4O2. The summed E-state index contributed by atoms with van der Waals surface area (Å²) in [6, 6.07) is 14.5. The van der Waals surface area contributed by atoms with E-state index in [-0.39, 0.29) is 12.2 Å². The fourth-order valence-electron chi connectivity index (χ4n) is 2.49. The van der Waals surface area contributed by atoms with Crippen LogP contribution in [0, 0.1) is 11.3 Å². The van der Waals surface area contributed by atoms with Gasteiger partial charge in [-0.3, -0.25) is 4.79 Å². The number of para-hydroxylation sites is 1. The Kier molecular flexibility index (Phi) is 5.44. The molecule has 0 fully saturated rings. The standard InChI is InChI=1S/C19H15BrN4O2/c1-2-18-23-16-8-7-14(20)11-15(16)19(25)24(18)22-12-13-5-3-4-6-17(13)26-10-9-21/h3-8,11-12H,2,10H2,1H3. The third-order valence-corrected chi connectivity index (χ3v) is 4.21. The minimum absolute atomic E-state index is 0.0590. The molecule has 0 N–H and O–H groups in total. The molecule has 0 aliphatic carbocycles. The number of rotatable bonds is 5. The van der Waals surface area contributed by atoms with Crippen molar-refractivity contribution in [1.82, 2.24) is 9.66 Å². The molecule has 130 valence electrons. The zero-order valence-electron chi connectivity index (χ0n) is 14.0. The van der Waals surface area contributed by atoms with Gasteiger partial charge in [-0.25, -0.2) is 4.98 Å². The number of halogens is 1. The predicted octanol–water partition coefficient (Wildman–Crippen LogP) is 3.51. The zero-order valence-corrected chi connectivity index (χ0v) is 15.6. The van der Waals surface area contributed by atoms with Gasteiger partial charge in [0.05, 0.1) is 17.1 Å². The summed E-state index contributed by atoms with van der Waals surface area (Å²) in [6.07, 6.45) is 2.10. The number of hydrogen-bond acceptors (Lipinski definition) is 5. The van der Waals surface area contributed by atoms with Gasteiger partial charge >= 0.3 is 0 Å². The normalized spacial score (nSPS) is 11.0. The molecule has 2 aromatic carbocycles. The van der Waals surface area contributed by atoms with Crippen molar-refractivity contribution in [1.29, 1.82) is 5.26 Å². The largest absolute Gasteiger partial charge is 0.478 e. The van der Waals surface area contributed by atoms with Gasteiger partial charge in [0.15, 0.2) is 6.61 Å². The lowest BCUT2D eigenvalue weighted by Crippen LogP contribution is -2.22. The molecule has 7 heteroatoms. The number of hydrogen-bond donors (Lipinski definition) is 0. The average molecular weight is 411 g/mol. The summed E-state index contributed by atoms with van der Waals surface area (Å²) in [6.45, 7) is 1.86. The first-order valence-electron chi connectivity index (χ1n) is 7.98. The first kappa shape index (κ1) is 17.8. The highest BCUT2D eigenvalue weighted by Crippen LogP contribution is 2.17. The number of benzene rings is 2. The molecule has 3 aromatic rings. The van der Waals surface area contributed by atoms with E-state index in [0.29, 0.717) is 34.5 Å². The molecule has 0 amide bonds. The minimum atomic E-state index is -0.236. The Hall–Kier alpha value is -2.98. The van der Waals surface area contributed by atoms with Gasteiger partial charge in [-0.2, -0.15) is 15.0 Å². The van der Waals surface area contributed by atoms with Crippen LogP contribution in [-0.2, 0) is 6.42 Å². The Morgan fingerprint density at radius 3 is 2.92 bits per heavy atom. The van der Waals surface area contributed by atoms with Gasteiger partial charge in [0.1, 0.15) is 17.6 Å². The molecule has 0 saturated heterocycles. The van der Waals surface area contributed by atoms with Crippen molar-refractivity contribution in [3.8, 4) is 11.8 Å². The second kappa shape index (κ2) is 7.93. The summed E-state index contributed by atoms with van der Waals surface area (Å²) in [5.74, 6) is 1.09. The van der Waals surface area contributed by atoms with Crippen molar-refractivity contribution in [2.45, 2.75) is 13.3 Å². The quantitative estimate of drug-likeness (QED) is 0.602. The summed E-state index contributed by atoms with van der Waals surface area (Å²) in [4.78, 5) is 17.4. The first-order chi connectivity index (χ1) is 12.6. The van der Waals surface area contributed by atoms with E-state index >= 15 is 0 Å². The highest BCUT2D eigenvalue weighted by molar-refractivity contribution is 9.10. The SMILES string of the molecule is CCc1nc2ccc(Br)cc2c(=O)n1N=Cc1ccccc1OCC#N. The van der Waals surface area contributed by atoms with E-state index in [1.165, 1.54) is 4.68 Å². The molecule has 0 aliphatic heterocycles. The highest BCUT2D eigenvalue weighted by atomic mass is 79.9. The van der Waals surface area contributed by atoms with Crippen LogP contribution in [0.5, 0.6) is 5.75 Å². The van der Waals surface area contributed by atoms with E-state index in [4.69, 9.17) is 10.00 Å². The summed E-state index contributed by atoms with van der Waals surface area (Å²) >= 11 is 3.38. The molecule has 1 aromatic heterocycles. The predicted molar refractivity (Wildman–Crippen MR) is 104 cm³/mol. The van der Waals surface area contributed by atoms with Crippen LogP contribution in [0.3, 0.4) is 0 Å². The van der Waals surface area contributed by atoms with Gasteiger partial charge in [-0.1, -0.05) is 35.0 Å². The summed E-state index contributed by atoms with van der Waals surface area (Å²) < 4.78 is 7.49. The number of nitrogens with zero attached hydrogens (tertiary/aromatic N) is 4. The van der Waals surface area contributed by atoms with E-state index in [1.807, 2.05) is 31.2 Å². The van der Waals surface area contributed by atoms with E-state index < -0.39 is 0 Å². The van der Waals surface area contributed by atoms with Gasteiger partial charge in [-0.15, -0.1) is 0 Å². The number of aryl methyl sites for hydroxylation is 1. The Morgan fingerprint density at radius 2 is 2.15 bits per heavy atom. The summed E-state index contributed by atoms with van der Waals surface area (Å²) in [7, 11) is 0. The molecule has 0 saturated carbocycles. The zero-order chi connectivity index (χ0) is 18.5. The first-order valence-corrected chi connectivity index (χ1v) is 8.77. The van der Waals surface area contributed by atoms with E-state index in [2.05, 4.69) is 26.0 Å². The molecule has 0 spiro atoms. The lowest BCUT2D eigenvalue weighted by Gasteiger charge is -2.08. The number of nitriles is 1. The Balaban J connectivity index is 2.09. The third kappa shape index (κ3) is 3.65. The maximum absolute atomic E-state index is 12.9. The highest BCUT2D eigenvalue weighted by Gasteiger charge is 2.10. The van der Waals surface area contributed by atoms with Crippen LogP contribution >= 0.6 is 15.9 Å². The molecule has 0 unspecified atom stereocenters. The monoisotopic (exact) mass is 410 g/mol. The molecule has 1 heterocycles. The lowest BCUT2D eigenvalue weighted by molar-refractivity contribution is 0.367. The average Bonchev–Trinajstić information content (AvgIpc) is 2.66. The van der Waals surface area contributed by atoms with Crippen molar-refractivity contribution in [3.63, 3.8) is 0 Å². The number of fused-ring (bicyclic) bond motifs is 1. The second-order valence-electron chi connectivity index (χ2n) is 5.39. The van der Waals surface area contributed by atoms with E-state index in [9.17, 15) is 4.79 Å². The van der Waals surface area contributed by atoms with Gasteiger partial charge in [0, 0.05) is 16.5 Å². The second-order valence-corrected chi connectivity index (χ2v) is 6.30. The van der Waals surface area contributed by atoms with Gasteiger partial charge in [-0.05, 0) is 30.3 Å². The minimum Gasteiger partial charge on any atom is -0.478 e. The molecule has 0 atom stereocenters. The fraction of sp³-hybridized carbons (Fsp3) is 0.158. The lowest BCUT2D eigenvalue weighted by atomic mass is 10.2. The fourth-order valence-corrected chi connectivity index (χ4v) is 2.85. The molecule has 6 nitrogen and oxygen atoms in total. The van der Waals surface area contributed by atoms with Crippen molar-refractivity contribution in [2.24, 2.45) is 5.10 Å². The van der Waals surface area contributed by atoms with Crippen molar-refractivity contribution in [2.75, 3.05) is 6.61 Å². The van der Waals surface area contributed by atoms with Crippen molar-refractivity contribution < 1.29 is 4.74 Å². The summed E-state index contributed by atoms with van der Waals surface area (Å²) in [5, 5.41) is 13.5. The van der Waals surface area contributed by atoms with Gasteiger partial charge in [0.2, 0.25) is 0 Å². The maximum Gasteiger partial charge on any atom is 0.282 e. The molecule has 0 bridgehead atoms. The van der Waals surface area contributed by atoms with Gasteiger partial charge < -0.3 is 4.74 Å². The molecule has 26 heavy (non-hydrogen) atoms. The summed E-state index contributed by atoms with van der Waals surface area (Å²) in [5.41, 5.74) is 1.07. The molecule has 3 rings (SSSR count). The Morgan fingerprint density at radius 1 is 1.35 bits per heavy atom. The van der Waals surface area contributed by atoms with Gasteiger partial charge in [0.25, 0.3) is 5.56 Å². The van der Waals surface area contributed by atoms with Crippen LogP contribution in [0.4, 0.5) is 0 Å². The van der Waals surface area contributed by atoms with Crippen LogP contribution in [-0.4, -0.2) is 22.5 Å². The Labute approximate surface area is 158 Å². The topological polar surface area (TPSA) is 80.3 Å². The smallest absolute Gasteiger partial charge is 0.282 e. The van der Waals surface area contributed by atoms with E-state index in [0.717, 1.165) is 4.47 Å². The molecule has 0 radical (unpaired) electrons. The third-order valence-electron chi connectivity index (χ3n) is 3.72. The van der Waals surface area contributed by atoms with Crippen LogP contribution < -0.4 is 10.3 Å². The van der Waals surface area contributed by atoms with Crippen LogP contribution in [0.15, 0.2) is 56.8 Å². The van der Waals surface area contributed by atoms with Crippen LogP contribution in [0.2, 0.25) is 0 Å². The Bertz CT molecular complexity index is 1080. The molecular weight excluding hydrogens is 396 g/mol. The van der Waals surface area contributed by atoms with Crippen LogP contribution in [0.25, 0.3) is 10.9 Å². The van der Waals surface area contributed by atoms with Crippen molar-refractivity contribution >= 4 is 33.0 Å².